The molecule has 0 spiro atoms. The number of anilines is 1. The zero-order chi connectivity index (χ0) is 36.7. The number of halogens is 7. The quantitative estimate of drug-likeness (QED) is 0.153. The highest BCUT2D eigenvalue weighted by atomic mass is 35.5. The van der Waals surface area contributed by atoms with Crippen LogP contribution in [0, 0.1) is 17.6 Å². The van der Waals surface area contributed by atoms with Gasteiger partial charge in [0.2, 0.25) is 0 Å². The fourth-order valence-electron chi connectivity index (χ4n) is 7.27. The summed E-state index contributed by atoms with van der Waals surface area (Å²) in [7, 11) is -2.00. The smallest absolute Gasteiger partial charge is 0.293 e. The topological polar surface area (TPSA) is 139 Å². The van der Waals surface area contributed by atoms with Crippen molar-refractivity contribution in [2.24, 2.45) is 13.0 Å². The van der Waals surface area contributed by atoms with Crippen LogP contribution in [0.2, 0.25) is 5.02 Å². The van der Waals surface area contributed by atoms with Crippen LogP contribution in [-0.4, -0.2) is 50.0 Å². The molecule has 10 nitrogen and oxygen atoms in total. The van der Waals surface area contributed by atoms with E-state index in [9.17, 15) is 30.8 Å². The maximum atomic E-state index is 15.2. The molecule has 1 unspecified atom stereocenters. The predicted molar refractivity (Wildman–Crippen MR) is 174 cm³/mol. The van der Waals surface area contributed by atoms with Gasteiger partial charge in [0.05, 0.1) is 39.6 Å². The number of alkyl halides is 4. The first-order valence-electron chi connectivity index (χ1n) is 15.6. The van der Waals surface area contributed by atoms with Crippen LogP contribution < -0.4 is 5.73 Å². The summed E-state index contributed by atoms with van der Waals surface area (Å²) in [5, 5.41) is 8.61. The van der Waals surface area contributed by atoms with Gasteiger partial charge in [0.15, 0.2) is 15.6 Å². The summed E-state index contributed by atoms with van der Waals surface area (Å²) in [6, 6.07) is 5.85. The second-order valence-electron chi connectivity index (χ2n) is 13.1. The van der Waals surface area contributed by atoms with Crippen molar-refractivity contribution < 1.29 is 39.6 Å². The Labute approximate surface area is 291 Å². The first kappa shape index (κ1) is 34.9. The van der Waals surface area contributed by atoms with Gasteiger partial charge >= 0.3 is 0 Å². The van der Waals surface area contributed by atoms with Gasteiger partial charge in [0, 0.05) is 54.1 Å². The minimum absolute atomic E-state index is 0.0502. The molecule has 2 aliphatic rings. The minimum atomic E-state index is -3.55. The van der Waals surface area contributed by atoms with Crippen LogP contribution in [0.3, 0.4) is 0 Å². The molecule has 3 aromatic heterocycles. The Morgan fingerprint density at radius 3 is 2.49 bits per heavy atom. The van der Waals surface area contributed by atoms with E-state index >= 15 is 8.78 Å². The second-order valence-corrected chi connectivity index (χ2v) is 15.6. The summed E-state index contributed by atoms with van der Waals surface area (Å²) in [6.07, 6.45) is -1.51. The number of aromatic nitrogens is 6. The number of hydrogen-bond donors (Lipinski definition) is 1. The Kier molecular flexibility index (Phi) is 8.43. The molecule has 5 aromatic rings. The summed E-state index contributed by atoms with van der Waals surface area (Å²) in [6.45, 7) is -0.780. The summed E-state index contributed by atoms with van der Waals surface area (Å²) < 4.78 is 113. The van der Waals surface area contributed by atoms with Gasteiger partial charge in [-0.2, -0.15) is 19.0 Å². The SMILES string of the molecule is Cn1nc(CS(C)(=O)=O)c2c(Cl)ccc(-c3nc(N)cnc3C(CC(=O)Cn3nc(C(F)F)c4c3C(F)(F)[C@@H]3C[C@H]43)Cc3cc(F)cc(F)c3)c21. The number of sulfone groups is 1. The van der Waals surface area contributed by atoms with Crippen LogP contribution in [0.4, 0.5) is 32.2 Å². The van der Waals surface area contributed by atoms with E-state index in [0.29, 0.717) is 27.2 Å². The van der Waals surface area contributed by atoms with Crippen molar-refractivity contribution in [2.45, 2.75) is 55.7 Å². The summed E-state index contributed by atoms with van der Waals surface area (Å²) in [5.74, 6) is -9.34. The standard InChI is InChI=1S/C33H28ClF6N7O3S/c1-46-30-19(3-4-22(34)26(30)23(44-46)13-51(2,49)50)28-27(42-11-24(41)43-28)15(5-14-6-16(35)9-17(36)7-14)8-18(48)12-47-31-25(29(45-47)32(37)38)20-10-21(20)33(31,39)40/h3-4,6-7,9,11,15,20-21,32H,5,8,10,12-13H2,1-2H3,(H2,41,43)/t15?,20-,21+/m0/s1. The van der Waals surface area contributed by atoms with Crippen LogP contribution in [0.25, 0.3) is 22.2 Å². The number of ketones is 1. The average Bonchev–Trinajstić information content (AvgIpc) is 3.56. The zero-order valence-corrected chi connectivity index (χ0v) is 28.4. The molecule has 0 radical (unpaired) electrons. The van der Waals surface area contributed by atoms with Crippen LogP contribution in [0.5, 0.6) is 0 Å². The van der Waals surface area contributed by atoms with E-state index < -0.39 is 87.5 Å². The molecular formula is C33H28ClF6N7O3S. The third-order valence-electron chi connectivity index (χ3n) is 9.24. The molecule has 2 aliphatic carbocycles. The number of benzene rings is 2. The summed E-state index contributed by atoms with van der Waals surface area (Å²) >= 11 is 6.54. The molecule has 0 saturated heterocycles. The summed E-state index contributed by atoms with van der Waals surface area (Å²) in [5.41, 5.74) is 5.54. The Hall–Kier alpha value is -4.51. The number of Topliss-reactive ketones (excluding diaryl/α,β-unsaturated/α-hetero) is 1. The monoisotopic (exact) mass is 751 g/mol. The van der Waals surface area contributed by atoms with Crippen molar-refractivity contribution in [3.63, 3.8) is 0 Å². The van der Waals surface area contributed by atoms with Crippen molar-refractivity contribution in [3.05, 3.63) is 87.1 Å². The van der Waals surface area contributed by atoms with E-state index in [1.54, 1.807) is 13.1 Å². The number of nitrogen functional groups attached to an aromatic ring is 1. The van der Waals surface area contributed by atoms with Gasteiger partial charge in [-0.05, 0) is 48.6 Å². The van der Waals surface area contributed by atoms with Crippen molar-refractivity contribution >= 4 is 43.9 Å². The molecular weight excluding hydrogens is 724 g/mol. The van der Waals surface area contributed by atoms with Gasteiger partial charge in [-0.25, -0.2) is 31.0 Å². The Morgan fingerprint density at radius 2 is 1.82 bits per heavy atom. The van der Waals surface area contributed by atoms with Crippen LogP contribution in [0.1, 0.15) is 65.0 Å². The number of hydrogen-bond acceptors (Lipinski definition) is 8. The van der Waals surface area contributed by atoms with Gasteiger partial charge in [-0.15, -0.1) is 0 Å². The molecule has 2 aromatic carbocycles. The van der Waals surface area contributed by atoms with Crippen molar-refractivity contribution in [1.29, 1.82) is 0 Å². The normalized spacial score (nSPS) is 18.3. The molecule has 0 bridgehead atoms. The predicted octanol–water partition coefficient (Wildman–Crippen LogP) is 6.42. The molecule has 2 N–H and O–H groups in total. The van der Waals surface area contributed by atoms with Gasteiger partial charge in [0.25, 0.3) is 12.3 Å². The van der Waals surface area contributed by atoms with E-state index in [-0.39, 0.29) is 51.9 Å². The molecule has 0 aliphatic heterocycles. The van der Waals surface area contributed by atoms with E-state index in [4.69, 9.17) is 17.3 Å². The lowest BCUT2D eigenvalue weighted by molar-refractivity contribution is -0.120. The van der Waals surface area contributed by atoms with Crippen molar-refractivity contribution in [1.82, 2.24) is 29.5 Å². The van der Waals surface area contributed by atoms with E-state index in [1.165, 1.54) is 16.9 Å². The lowest BCUT2D eigenvalue weighted by Crippen LogP contribution is -2.24. The highest BCUT2D eigenvalue weighted by molar-refractivity contribution is 7.89. The minimum Gasteiger partial charge on any atom is -0.382 e. The molecule has 0 amide bonds. The Morgan fingerprint density at radius 1 is 1.12 bits per heavy atom. The van der Waals surface area contributed by atoms with Crippen LogP contribution in [0.15, 0.2) is 36.5 Å². The van der Waals surface area contributed by atoms with E-state index in [0.717, 1.165) is 18.4 Å². The molecule has 268 valence electrons. The fraction of sp³-hybridized carbons (Fsp3) is 0.364. The van der Waals surface area contributed by atoms with Crippen LogP contribution >= 0.6 is 11.6 Å². The van der Waals surface area contributed by atoms with Crippen molar-refractivity contribution in [3.8, 4) is 11.3 Å². The highest BCUT2D eigenvalue weighted by Crippen LogP contribution is 2.68. The largest absolute Gasteiger partial charge is 0.382 e. The van der Waals surface area contributed by atoms with Gasteiger partial charge in [-0.3, -0.25) is 19.1 Å². The number of rotatable bonds is 11. The first-order chi connectivity index (χ1) is 23.9. The number of nitrogens with zero attached hydrogens (tertiary/aromatic N) is 6. The first-order valence-corrected chi connectivity index (χ1v) is 18.0. The summed E-state index contributed by atoms with van der Waals surface area (Å²) in [4.78, 5) is 22.7. The molecule has 1 fully saturated rings. The maximum Gasteiger partial charge on any atom is 0.293 e. The van der Waals surface area contributed by atoms with E-state index in [1.807, 2.05) is 0 Å². The van der Waals surface area contributed by atoms with Gasteiger partial charge in [-0.1, -0.05) is 11.6 Å². The molecule has 3 heterocycles. The molecule has 7 rings (SSSR count). The average molecular weight is 752 g/mol. The molecule has 18 heteroatoms. The highest BCUT2D eigenvalue weighted by Gasteiger charge is 2.67. The number of nitrogens with two attached hydrogens (primary N) is 1. The fourth-order valence-corrected chi connectivity index (χ4v) is 8.23. The molecule has 3 atom stereocenters. The zero-order valence-electron chi connectivity index (χ0n) is 26.8. The van der Waals surface area contributed by atoms with Gasteiger partial charge in [0.1, 0.15) is 35.4 Å². The Balaban J connectivity index is 1.33. The third-order valence-corrected chi connectivity index (χ3v) is 10.4. The van der Waals surface area contributed by atoms with Gasteiger partial charge < -0.3 is 5.73 Å². The number of fused-ring (bicyclic) bond motifs is 4. The Bertz CT molecular complexity index is 2340. The van der Waals surface area contributed by atoms with E-state index in [2.05, 4.69) is 20.2 Å². The molecule has 51 heavy (non-hydrogen) atoms. The lowest BCUT2D eigenvalue weighted by Gasteiger charge is -2.21. The third kappa shape index (κ3) is 6.34. The van der Waals surface area contributed by atoms with Crippen LogP contribution in [-0.2, 0) is 46.3 Å². The number of aryl methyl sites for hydroxylation is 1. The van der Waals surface area contributed by atoms with Crippen molar-refractivity contribution in [2.75, 3.05) is 12.0 Å². The molecule has 1 saturated carbocycles. The number of carbonyl (C=O) groups excluding carboxylic acids is 1. The second kappa shape index (κ2) is 12.3. The number of carbonyl (C=O) groups is 1. The lowest BCUT2D eigenvalue weighted by atomic mass is 9.88. The maximum absolute atomic E-state index is 15.2.